The first kappa shape index (κ1) is 13.9. The topological polar surface area (TPSA) is 47.6 Å². The molecule has 0 spiro atoms. The molecule has 0 aromatic heterocycles. The fraction of sp³-hybridized carbons (Fsp3) is 0.533. The van der Waals surface area contributed by atoms with E-state index in [4.69, 9.17) is 4.74 Å². The molecule has 0 saturated carbocycles. The number of methoxy groups -OCH3 is 1. The maximum Gasteiger partial charge on any atom is 0.308 e. The van der Waals surface area contributed by atoms with Gasteiger partial charge >= 0.3 is 5.97 Å². The number of nitrogens with one attached hydrogen (secondary N) is 1. The standard InChI is InChI=1S/C15H21NO3/c1-3-16-14-7-4-11-10-12(5-6-13(11)14)19-9-8-15(17)18-2/h5-6,10,14,16H,3-4,7-9H2,1-2H3. The first-order valence-corrected chi connectivity index (χ1v) is 6.80. The van der Waals surface area contributed by atoms with E-state index in [1.54, 1.807) is 0 Å². The van der Waals surface area contributed by atoms with E-state index in [0.29, 0.717) is 12.6 Å². The minimum atomic E-state index is -0.242. The molecule has 1 aromatic rings. The Balaban J connectivity index is 1.93. The van der Waals surface area contributed by atoms with Crippen molar-refractivity contribution in [3.8, 4) is 5.75 Å². The van der Waals surface area contributed by atoms with E-state index < -0.39 is 0 Å². The number of benzene rings is 1. The Bertz CT molecular complexity index is 445. The highest BCUT2D eigenvalue weighted by Gasteiger charge is 2.21. The summed E-state index contributed by atoms with van der Waals surface area (Å²) in [6.07, 6.45) is 2.52. The molecule has 1 aliphatic rings. The second-order valence-electron chi connectivity index (χ2n) is 4.68. The molecule has 0 fully saturated rings. The van der Waals surface area contributed by atoms with E-state index in [2.05, 4.69) is 29.1 Å². The maximum atomic E-state index is 11.0. The summed E-state index contributed by atoms with van der Waals surface area (Å²) in [4.78, 5) is 11.0. The van der Waals surface area contributed by atoms with Gasteiger partial charge in [-0.3, -0.25) is 4.79 Å². The van der Waals surface area contributed by atoms with E-state index in [0.717, 1.165) is 25.1 Å². The lowest BCUT2D eigenvalue weighted by Gasteiger charge is -2.13. The summed E-state index contributed by atoms with van der Waals surface area (Å²) in [5.41, 5.74) is 2.73. The third kappa shape index (κ3) is 3.47. The largest absolute Gasteiger partial charge is 0.493 e. The van der Waals surface area contributed by atoms with E-state index in [-0.39, 0.29) is 12.4 Å². The predicted molar refractivity (Wildman–Crippen MR) is 73.3 cm³/mol. The molecule has 0 heterocycles. The summed E-state index contributed by atoms with van der Waals surface area (Å²) in [5.74, 6) is 0.591. The molecule has 0 radical (unpaired) electrons. The zero-order chi connectivity index (χ0) is 13.7. The van der Waals surface area contributed by atoms with E-state index in [1.807, 2.05) is 6.07 Å². The Morgan fingerprint density at radius 3 is 3.05 bits per heavy atom. The van der Waals surface area contributed by atoms with Crippen LogP contribution in [-0.2, 0) is 16.0 Å². The van der Waals surface area contributed by atoms with E-state index >= 15 is 0 Å². The molecular formula is C15H21NO3. The van der Waals surface area contributed by atoms with Gasteiger partial charge in [0.2, 0.25) is 0 Å². The average Bonchev–Trinajstić information content (AvgIpc) is 2.82. The fourth-order valence-corrected chi connectivity index (χ4v) is 2.50. The van der Waals surface area contributed by atoms with Gasteiger partial charge in [0.1, 0.15) is 5.75 Å². The highest BCUT2D eigenvalue weighted by Crippen LogP contribution is 2.33. The normalized spacial score (nSPS) is 17.1. The van der Waals surface area contributed by atoms with Crippen molar-refractivity contribution in [3.63, 3.8) is 0 Å². The molecule has 1 unspecified atom stereocenters. The molecule has 1 aliphatic carbocycles. The van der Waals surface area contributed by atoms with Crippen LogP contribution in [0.3, 0.4) is 0 Å². The summed E-state index contributed by atoms with van der Waals surface area (Å²) < 4.78 is 10.2. The summed E-state index contributed by atoms with van der Waals surface area (Å²) in [5, 5.41) is 3.48. The van der Waals surface area contributed by atoms with Crippen molar-refractivity contribution >= 4 is 5.97 Å². The second-order valence-corrected chi connectivity index (χ2v) is 4.68. The molecule has 0 saturated heterocycles. The van der Waals surface area contributed by atoms with Crippen LogP contribution >= 0.6 is 0 Å². The summed E-state index contributed by atoms with van der Waals surface area (Å²) in [6.45, 7) is 3.48. The van der Waals surface area contributed by atoms with E-state index in [1.165, 1.54) is 18.2 Å². The number of carbonyl (C=O) groups is 1. The molecule has 0 bridgehead atoms. The first-order valence-electron chi connectivity index (χ1n) is 6.80. The van der Waals surface area contributed by atoms with Gasteiger partial charge in [0, 0.05) is 6.04 Å². The lowest BCUT2D eigenvalue weighted by molar-refractivity contribution is -0.141. The summed E-state index contributed by atoms with van der Waals surface area (Å²) in [6, 6.07) is 6.67. The molecule has 104 valence electrons. The zero-order valence-corrected chi connectivity index (χ0v) is 11.6. The molecule has 19 heavy (non-hydrogen) atoms. The van der Waals surface area contributed by atoms with Gasteiger partial charge < -0.3 is 14.8 Å². The van der Waals surface area contributed by atoms with Crippen molar-refractivity contribution in [1.29, 1.82) is 0 Å². The van der Waals surface area contributed by atoms with Crippen molar-refractivity contribution < 1.29 is 14.3 Å². The molecule has 1 aromatic carbocycles. The number of carbonyl (C=O) groups excluding carboxylic acids is 1. The SMILES string of the molecule is CCNC1CCc2cc(OCCC(=O)OC)ccc21. The number of hydrogen-bond donors (Lipinski definition) is 1. The number of hydrogen-bond acceptors (Lipinski definition) is 4. The Labute approximate surface area is 114 Å². The lowest BCUT2D eigenvalue weighted by atomic mass is 10.1. The van der Waals surface area contributed by atoms with Crippen molar-refractivity contribution in [2.75, 3.05) is 20.3 Å². The van der Waals surface area contributed by atoms with Crippen molar-refractivity contribution in [3.05, 3.63) is 29.3 Å². The summed E-state index contributed by atoms with van der Waals surface area (Å²) >= 11 is 0. The smallest absolute Gasteiger partial charge is 0.308 e. The third-order valence-corrected chi connectivity index (χ3v) is 3.45. The van der Waals surface area contributed by atoms with E-state index in [9.17, 15) is 4.79 Å². The molecule has 4 heteroatoms. The maximum absolute atomic E-state index is 11.0. The van der Waals surface area contributed by atoms with Crippen molar-refractivity contribution in [2.45, 2.75) is 32.2 Å². The van der Waals surface area contributed by atoms with Crippen LogP contribution in [0.15, 0.2) is 18.2 Å². The molecular weight excluding hydrogens is 242 g/mol. The van der Waals surface area contributed by atoms with Crippen LogP contribution in [0.4, 0.5) is 0 Å². The van der Waals surface area contributed by atoms with Crippen LogP contribution in [0.2, 0.25) is 0 Å². The lowest BCUT2D eigenvalue weighted by Crippen LogP contribution is -2.18. The van der Waals surface area contributed by atoms with Gasteiger partial charge in [-0.1, -0.05) is 13.0 Å². The summed E-state index contributed by atoms with van der Waals surface area (Å²) in [7, 11) is 1.39. The number of aryl methyl sites for hydroxylation is 1. The highest BCUT2D eigenvalue weighted by atomic mass is 16.5. The van der Waals surface area contributed by atoms with Gasteiger partial charge in [-0.2, -0.15) is 0 Å². The van der Waals surface area contributed by atoms with Gasteiger partial charge in [-0.25, -0.2) is 0 Å². The number of ether oxygens (including phenoxy) is 2. The highest BCUT2D eigenvalue weighted by molar-refractivity contribution is 5.69. The minimum absolute atomic E-state index is 0.242. The van der Waals surface area contributed by atoms with Gasteiger partial charge in [0.25, 0.3) is 0 Å². The molecule has 1 atom stereocenters. The van der Waals surface area contributed by atoms with Gasteiger partial charge in [0.05, 0.1) is 20.1 Å². The van der Waals surface area contributed by atoms with Crippen molar-refractivity contribution in [1.82, 2.24) is 5.32 Å². The van der Waals surface area contributed by atoms with Crippen LogP contribution in [0.1, 0.15) is 36.9 Å². The molecule has 4 nitrogen and oxygen atoms in total. The number of rotatable bonds is 6. The Morgan fingerprint density at radius 2 is 2.32 bits per heavy atom. The van der Waals surface area contributed by atoms with Gasteiger partial charge in [0.15, 0.2) is 0 Å². The van der Waals surface area contributed by atoms with Gasteiger partial charge in [-0.15, -0.1) is 0 Å². The quantitative estimate of drug-likeness (QED) is 0.800. The Kier molecular flexibility index (Phi) is 4.80. The second kappa shape index (κ2) is 6.57. The van der Waals surface area contributed by atoms with Crippen LogP contribution in [-0.4, -0.2) is 26.2 Å². The predicted octanol–water partition coefficient (Wildman–Crippen LogP) is 2.23. The van der Waals surface area contributed by atoms with Gasteiger partial charge in [-0.05, 0) is 42.6 Å². The van der Waals surface area contributed by atoms with Crippen LogP contribution in [0.5, 0.6) is 5.75 Å². The Morgan fingerprint density at radius 1 is 1.47 bits per heavy atom. The monoisotopic (exact) mass is 263 g/mol. The molecule has 1 N–H and O–H groups in total. The first-order chi connectivity index (χ1) is 9.24. The van der Waals surface area contributed by atoms with Crippen LogP contribution < -0.4 is 10.1 Å². The number of esters is 1. The molecule has 2 rings (SSSR count). The van der Waals surface area contributed by atoms with Crippen LogP contribution in [0, 0.1) is 0 Å². The minimum Gasteiger partial charge on any atom is -0.493 e. The number of fused-ring (bicyclic) bond motifs is 1. The third-order valence-electron chi connectivity index (χ3n) is 3.45. The average molecular weight is 263 g/mol. The molecule has 0 aliphatic heterocycles. The molecule has 0 amide bonds. The fourth-order valence-electron chi connectivity index (χ4n) is 2.50. The Hall–Kier alpha value is -1.55. The zero-order valence-electron chi connectivity index (χ0n) is 11.6. The van der Waals surface area contributed by atoms with Crippen molar-refractivity contribution in [2.24, 2.45) is 0 Å². The van der Waals surface area contributed by atoms with Crippen LogP contribution in [0.25, 0.3) is 0 Å².